The molecule has 3 aliphatic carbocycles. The number of hydrogen-bond donors (Lipinski definition) is 0. The Bertz CT molecular complexity index is 789. The molecule has 0 saturated heterocycles. The monoisotopic (exact) mass is 444 g/mol. The topological polar surface area (TPSA) is 26.3 Å². The molecule has 3 aliphatic rings. The summed E-state index contributed by atoms with van der Waals surface area (Å²) in [6, 6.07) is 2.21. The number of halogens is 2. The van der Waals surface area contributed by atoms with E-state index < -0.39 is 11.6 Å². The van der Waals surface area contributed by atoms with Crippen LogP contribution in [0.4, 0.5) is 8.78 Å². The van der Waals surface area contributed by atoms with E-state index >= 15 is 0 Å². The molecule has 4 rings (SSSR count). The summed E-state index contributed by atoms with van der Waals surface area (Å²) in [7, 11) is 0. The molecule has 0 heterocycles. The van der Waals surface area contributed by atoms with Gasteiger partial charge in [0.25, 0.3) is 0 Å². The lowest BCUT2D eigenvalue weighted by molar-refractivity contribution is -0.140. The second kappa shape index (κ2) is 10.5. The largest absolute Gasteiger partial charge is 0.426 e. The molecule has 32 heavy (non-hydrogen) atoms. The maximum Gasteiger partial charge on any atom is 0.314 e. The summed E-state index contributed by atoms with van der Waals surface area (Å²) in [5.74, 6) is 2.37. The molecule has 0 aromatic heterocycles. The van der Waals surface area contributed by atoms with Crippen LogP contribution in [0.25, 0.3) is 0 Å². The van der Waals surface area contributed by atoms with Gasteiger partial charge in [-0.2, -0.15) is 0 Å². The van der Waals surface area contributed by atoms with Gasteiger partial charge < -0.3 is 4.74 Å². The normalized spacial score (nSPS) is 32.7. The second-order valence-corrected chi connectivity index (χ2v) is 10.7. The van der Waals surface area contributed by atoms with Crippen molar-refractivity contribution < 1.29 is 18.3 Å². The number of carbonyl (C=O) groups is 1. The second-order valence-electron chi connectivity index (χ2n) is 10.7. The first kappa shape index (κ1) is 23.4. The minimum absolute atomic E-state index is 0.0280. The van der Waals surface area contributed by atoms with Crippen LogP contribution >= 0.6 is 0 Å². The number of allylic oxidation sites excluding steroid dienone is 1. The highest BCUT2D eigenvalue weighted by Crippen LogP contribution is 2.49. The van der Waals surface area contributed by atoms with Crippen molar-refractivity contribution in [2.45, 2.75) is 84.0 Å². The minimum atomic E-state index is -0.679. The highest BCUT2D eigenvalue weighted by Gasteiger charge is 2.39. The average Bonchev–Trinajstić information content (AvgIpc) is 2.80. The predicted molar refractivity (Wildman–Crippen MR) is 123 cm³/mol. The Kier molecular flexibility index (Phi) is 7.68. The van der Waals surface area contributed by atoms with Crippen LogP contribution in [-0.2, 0) is 4.79 Å². The summed E-state index contributed by atoms with van der Waals surface area (Å²) in [5, 5.41) is 0. The fourth-order valence-electron chi connectivity index (χ4n) is 6.77. The van der Waals surface area contributed by atoms with Gasteiger partial charge in [0, 0.05) is 17.7 Å². The molecule has 0 bridgehead atoms. The van der Waals surface area contributed by atoms with E-state index in [4.69, 9.17) is 4.74 Å². The van der Waals surface area contributed by atoms with Crippen LogP contribution in [0.2, 0.25) is 0 Å². The van der Waals surface area contributed by atoms with Crippen molar-refractivity contribution in [3.05, 3.63) is 42.0 Å². The first-order valence-corrected chi connectivity index (χ1v) is 12.7. The molecule has 0 amide bonds. The summed E-state index contributed by atoms with van der Waals surface area (Å²) >= 11 is 0. The first-order chi connectivity index (χ1) is 15.4. The quantitative estimate of drug-likeness (QED) is 0.254. The highest BCUT2D eigenvalue weighted by atomic mass is 19.1. The predicted octanol–water partition coefficient (Wildman–Crippen LogP) is 7.78. The van der Waals surface area contributed by atoms with E-state index in [0.29, 0.717) is 5.92 Å². The molecule has 1 aromatic carbocycles. The molecule has 3 fully saturated rings. The van der Waals surface area contributed by atoms with Crippen molar-refractivity contribution in [1.29, 1.82) is 0 Å². The molecular weight excluding hydrogens is 406 g/mol. The molecule has 0 spiro atoms. The number of fused-ring (bicyclic) bond motifs is 1. The van der Waals surface area contributed by atoms with Crippen LogP contribution in [0.1, 0.15) is 82.6 Å². The molecule has 176 valence electrons. The van der Waals surface area contributed by atoms with Gasteiger partial charge in [-0.1, -0.05) is 12.5 Å². The van der Waals surface area contributed by atoms with E-state index in [-0.39, 0.29) is 23.2 Å². The van der Waals surface area contributed by atoms with Gasteiger partial charge in [-0.15, -0.1) is 6.58 Å². The van der Waals surface area contributed by atoms with Gasteiger partial charge in [0.15, 0.2) is 0 Å². The third-order valence-corrected chi connectivity index (χ3v) is 8.79. The summed E-state index contributed by atoms with van der Waals surface area (Å²) in [6.07, 6.45) is 16.6. The molecule has 2 nitrogen and oxygen atoms in total. The van der Waals surface area contributed by atoms with Crippen molar-refractivity contribution >= 4 is 5.97 Å². The van der Waals surface area contributed by atoms with Crippen LogP contribution in [0.5, 0.6) is 5.75 Å². The van der Waals surface area contributed by atoms with Crippen molar-refractivity contribution in [1.82, 2.24) is 0 Å². The number of benzene rings is 1. The van der Waals surface area contributed by atoms with Crippen LogP contribution in [0.3, 0.4) is 0 Å². The van der Waals surface area contributed by atoms with E-state index in [0.717, 1.165) is 67.9 Å². The van der Waals surface area contributed by atoms with Crippen molar-refractivity contribution in [2.24, 2.45) is 35.5 Å². The molecule has 4 unspecified atom stereocenters. The lowest BCUT2D eigenvalue weighted by atomic mass is 9.60. The van der Waals surface area contributed by atoms with Gasteiger partial charge in [0.2, 0.25) is 0 Å². The molecular formula is C28H38F2O2. The minimum Gasteiger partial charge on any atom is -0.426 e. The maximum atomic E-state index is 13.7. The lowest BCUT2D eigenvalue weighted by Gasteiger charge is -2.45. The Balaban J connectivity index is 1.24. The highest BCUT2D eigenvalue weighted by molar-refractivity contribution is 5.75. The van der Waals surface area contributed by atoms with E-state index in [1.807, 2.05) is 0 Å². The lowest BCUT2D eigenvalue weighted by Crippen LogP contribution is -2.35. The van der Waals surface area contributed by atoms with Crippen molar-refractivity contribution in [3.63, 3.8) is 0 Å². The zero-order valence-electron chi connectivity index (χ0n) is 19.5. The van der Waals surface area contributed by atoms with Gasteiger partial charge >= 0.3 is 5.97 Å². The van der Waals surface area contributed by atoms with E-state index in [2.05, 4.69) is 12.7 Å². The Hall–Kier alpha value is -1.71. The van der Waals surface area contributed by atoms with Crippen molar-refractivity contribution in [3.8, 4) is 5.75 Å². The molecule has 1 aromatic rings. The fraction of sp³-hybridized carbons (Fsp3) is 0.679. The Labute approximate surface area is 191 Å². The Morgan fingerprint density at radius 3 is 2.16 bits per heavy atom. The fourth-order valence-corrected chi connectivity index (χ4v) is 6.77. The summed E-state index contributed by atoms with van der Waals surface area (Å²) in [4.78, 5) is 12.6. The van der Waals surface area contributed by atoms with Crippen molar-refractivity contribution in [2.75, 3.05) is 0 Å². The van der Waals surface area contributed by atoms with Crippen LogP contribution < -0.4 is 4.74 Å². The van der Waals surface area contributed by atoms with Gasteiger partial charge in [0.05, 0.1) is 5.92 Å². The summed E-state index contributed by atoms with van der Waals surface area (Å²) in [5.41, 5.74) is -0.0507. The van der Waals surface area contributed by atoms with E-state index in [1.54, 1.807) is 0 Å². The number of esters is 1. The third kappa shape index (κ3) is 5.43. The van der Waals surface area contributed by atoms with Crippen LogP contribution in [-0.4, -0.2) is 5.97 Å². The smallest absolute Gasteiger partial charge is 0.314 e. The van der Waals surface area contributed by atoms with Gasteiger partial charge in [-0.3, -0.25) is 4.79 Å². The summed E-state index contributed by atoms with van der Waals surface area (Å²) in [6.45, 7) is 5.25. The first-order valence-electron chi connectivity index (χ1n) is 12.7. The van der Waals surface area contributed by atoms with E-state index in [1.165, 1.54) is 51.9 Å². The van der Waals surface area contributed by atoms with Gasteiger partial charge in [-0.05, 0) is 107 Å². The number of ether oxygens (including phenoxy) is 1. The van der Waals surface area contributed by atoms with Gasteiger partial charge in [0.1, 0.15) is 17.4 Å². The Morgan fingerprint density at radius 1 is 0.938 bits per heavy atom. The van der Waals surface area contributed by atoms with Crippen LogP contribution in [0, 0.1) is 54.1 Å². The molecule has 4 atom stereocenters. The number of carbonyl (C=O) groups excluding carboxylic acids is 1. The molecule has 0 radical (unpaired) electrons. The number of hydrogen-bond acceptors (Lipinski definition) is 2. The zero-order chi connectivity index (χ0) is 22.7. The number of rotatable bonds is 6. The maximum absolute atomic E-state index is 13.7. The Morgan fingerprint density at radius 2 is 1.50 bits per heavy atom. The summed E-state index contributed by atoms with van der Waals surface area (Å²) < 4.78 is 32.8. The van der Waals surface area contributed by atoms with Gasteiger partial charge in [-0.25, -0.2) is 8.78 Å². The third-order valence-electron chi connectivity index (χ3n) is 8.79. The SMILES string of the molecule is C=CCCC1CCC2CC(C3CCC(C(=O)Oc4cc(F)c(C)c(F)c4)CC3)CCC2C1. The van der Waals surface area contributed by atoms with E-state index in [9.17, 15) is 13.6 Å². The van der Waals surface area contributed by atoms with Crippen LogP contribution in [0.15, 0.2) is 24.8 Å². The molecule has 3 saturated carbocycles. The molecule has 0 N–H and O–H groups in total. The average molecular weight is 445 g/mol. The molecule has 0 aliphatic heterocycles. The zero-order valence-corrected chi connectivity index (χ0v) is 19.5. The standard InChI is InChI=1S/C28H38F2O2/c1-3-4-5-19-6-7-24-15-23(13-12-22(24)14-19)20-8-10-21(11-9-20)28(31)32-25-16-26(29)18(2)27(30)17-25/h3,16-17,19-24H,1,4-15H2,2H3. The molecule has 4 heteroatoms.